The summed E-state index contributed by atoms with van der Waals surface area (Å²) in [7, 11) is -1.41. The van der Waals surface area contributed by atoms with Crippen molar-refractivity contribution in [3.8, 4) is 11.5 Å². The first-order valence-corrected chi connectivity index (χ1v) is 11.1. The van der Waals surface area contributed by atoms with Gasteiger partial charge >= 0.3 is 0 Å². The largest absolute Gasteiger partial charge is 0.496 e. The molecule has 2 atom stereocenters. The Morgan fingerprint density at radius 2 is 1.36 bits per heavy atom. The van der Waals surface area contributed by atoms with Gasteiger partial charge in [0, 0.05) is 5.66 Å². The molecule has 0 amide bonds. The van der Waals surface area contributed by atoms with Crippen LogP contribution in [0.4, 0.5) is 0 Å². The lowest BCUT2D eigenvalue weighted by Crippen LogP contribution is -2.20. The van der Waals surface area contributed by atoms with Crippen molar-refractivity contribution in [2.75, 3.05) is 14.2 Å². The predicted octanol–water partition coefficient (Wildman–Crippen LogP) is 6.15. The molecule has 0 aromatic heterocycles. The minimum Gasteiger partial charge on any atom is -0.496 e. The molecule has 0 N–H and O–H groups in total. The average molecular weight is 443 g/mol. The molecule has 28 heavy (non-hydrogen) atoms. The normalized spacial score (nSPS) is 14.1. The van der Waals surface area contributed by atoms with Gasteiger partial charge in [0.15, 0.2) is 0 Å². The van der Waals surface area contributed by atoms with Crippen molar-refractivity contribution < 1.29 is 23.6 Å². The second kappa shape index (κ2) is 9.13. The maximum absolute atomic E-state index is 14.1. The van der Waals surface area contributed by atoms with E-state index in [-0.39, 0.29) is 32.7 Å². The molecule has 0 radical (unpaired) electrons. The van der Waals surface area contributed by atoms with Crippen molar-refractivity contribution >= 4 is 41.4 Å². The zero-order chi connectivity index (χ0) is 21.1. The van der Waals surface area contributed by atoms with Gasteiger partial charge in [-0.3, -0.25) is 9.59 Å². The first-order chi connectivity index (χ1) is 13.2. The number of ether oxygens (including phenoxy) is 2. The van der Waals surface area contributed by atoms with Crippen LogP contribution in [0.2, 0.25) is 10.0 Å². The molecular weight excluding hydrogens is 422 g/mol. The van der Waals surface area contributed by atoms with Gasteiger partial charge in [0.05, 0.1) is 29.8 Å². The Hall–Kier alpha value is -1.81. The van der Waals surface area contributed by atoms with Crippen molar-refractivity contribution in [2.45, 2.75) is 25.9 Å². The molecule has 2 aromatic carbocycles. The highest BCUT2D eigenvalue weighted by Gasteiger charge is 2.47. The van der Waals surface area contributed by atoms with E-state index in [0.29, 0.717) is 6.42 Å². The van der Waals surface area contributed by atoms with E-state index in [1.54, 1.807) is 38.1 Å². The standard InChI is InChI=1S/C20H21Cl2O5P/c1-5-12(2)28(25,19(23)17-13(21)8-6-9-14(17)22)20(24)18-15(26-3)10-7-11-16(18)27-4/h6-12H,5H2,1-4H3. The minimum absolute atomic E-state index is 0.0346. The summed E-state index contributed by atoms with van der Waals surface area (Å²) >= 11 is 12.3. The molecule has 2 unspecified atom stereocenters. The Kier molecular flexibility index (Phi) is 7.33. The van der Waals surface area contributed by atoms with E-state index in [4.69, 9.17) is 32.7 Å². The van der Waals surface area contributed by atoms with Crippen LogP contribution in [-0.2, 0) is 4.57 Å². The van der Waals surface area contributed by atoms with Crippen LogP contribution in [0.15, 0.2) is 36.4 Å². The van der Waals surface area contributed by atoms with Crippen molar-refractivity contribution in [2.24, 2.45) is 0 Å². The summed E-state index contributed by atoms with van der Waals surface area (Å²) in [5.41, 5.74) is -2.58. The molecule has 2 rings (SSSR count). The highest BCUT2D eigenvalue weighted by atomic mass is 35.5. The van der Waals surface area contributed by atoms with E-state index in [0.717, 1.165) is 0 Å². The third-order valence-corrected chi connectivity index (χ3v) is 8.52. The van der Waals surface area contributed by atoms with Crippen LogP contribution < -0.4 is 9.47 Å². The fourth-order valence-electron chi connectivity index (χ4n) is 2.85. The number of benzene rings is 2. The molecule has 0 bridgehead atoms. The highest BCUT2D eigenvalue weighted by Crippen LogP contribution is 2.60. The van der Waals surface area contributed by atoms with Crippen LogP contribution in [0.25, 0.3) is 0 Å². The highest BCUT2D eigenvalue weighted by molar-refractivity contribution is 7.96. The summed E-state index contributed by atoms with van der Waals surface area (Å²) < 4.78 is 24.6. The van der Waals surface area contributed by atoms with Gasteiger partial charge in [-0.2, -0.15) is 0 Å². The maximum Gasteiger partial charge on any atom is 0.236 e. The quantitative estimate of drug-likeness (QED) is 0.458. The smallest absolute Gasteiger partial charge is 0.236 e. The fraction of sp³-hybridized carbons (Fsp3) is 0.300. The number of carbonyl (C=O) groups is 2. The third-order valence-electron chi connectivity index (χ3n) is 4.63. The summed E-state index contributed by atoms with van der Waals surface area (Å²) in [6.45, 7) is 3.36. The van der Waals surface area contributed by atoms with Gasteiger partial charge in [-0.05, 0) is 30.7 Å². The van der Waals surface area contributed by atoms with E-state index in [1.807, 2.05) is 0 Å². The lowest BCUT2D eigenvalue weighted by atomic mass is 10.2. The first-order valence-electron chi connectivity index (χ1n) is 8.58. The molecule has 8 heteroatoms. The van der Waals surface area contributed by atoms with Crippen molar-refractivity contribution in [3.05, 3.63) is 57.6 Å². The Balaban J connectivity index is 2.76. The van der Waals surface area contributed by atoms with Gasteiger partial charge in [-0.15, -0.1) is 0 Å². The second-order valence-corrected chi connectivity index (χ2v) is 9.98. The molecule has 0 spiro atoms. The lowest BCUT2D eigenvalue weighted by Gasteiger charge is -2.24. The van der Waals surface area contributed by atoms with Crippen molar-refractivity contribution in [3.63, 3.8) is 0 Å². The zero-order valence-corrected chi connectivity index (χ0v) is 18.4. The number of halogens is 2. The number of carbonyl (C=O) groups excluding carboxylic acids is 2. The molecule has 150 valence electrons. The molecule has 0 heterocycles. The zero-order valence-electron chi connectivity index (χ0n) is 16.0. The van der Waals surface area contributed by atoms with E-state index in [2.05, 4.69) is 0 Å². The minimum atomic E-state index is -4.18. The molecule has 5 nitrogen and oxygen atoms in total. The Bertz CT molecular complexity index is 915. The van der Waals surface area contributed by atoms with Gasteiger partial charge in [0.2, 0.25) is 18.2 Å². The third kappa shape index (κ3) is 3.84. The van der Waals surface area contributed by atoms with E-state index in [9.17, 15) is 14.2 Å². The molecule has 2 aromatic rings. The molecule has 0 saturated carbocycles. The SMILES string of the molecule is CCC(C)P(=O)(C(=O)c1c(Cl)cccc1Cl)C(=O)c1c(OC)cccc1OC. The number of hydrogen-bond donors (Lipinski definition) is 0. The Morgan fingerprint density at radius 3 is 1.79 bits per heavy atom. The van der Waals surface area contributed by atoms with Crippen LogP contribution in [0, 0.1) is 0 Å². The molecule has 0 aliphatic carbocycles. The summed E-state index contributed by atoms with van der Waals surface area (Å²) in [6, 6.07) is 9.23. The fourth-order valence-corrected chi connectivity index (χ4v) is 6.17. The monoisotopic (exact) mass is 442 g/mol. The topological polar surface area (TPSA) is 69.7 Å². The lowest BCUT2D eigenvalue weighted by molar-refractivity contribution is 0.103. The number of methoxy groups -OCH3 is 2. The van der Waals surface area contributed by atoms with Gasteiger partial charge in [-0.25, -0.2) is 0 Å². The molecule has 0 saturated heterocycles. The molecule has 0 aliphatic rings. The maximum atomic E-state index is 14.1. The van der Waals surface area contributed by atoms with E-state index >= 15 is 0 Å². The van der Waals surface area contributed by atoms with Gasteiger partial charge < -0.3 is 14.0 Å². The van der Waals surface area contributed by atoms with Crippen LogP contribution in [0.5, 0.6) is 11.5 Å². The van der Waals surface area contributed by atoms with Crippen LogP contribution >= 0.6 is 30.3 Å². The number of rotatable bonds is 8. The number of hydrogen-bond acceptors (Lipinski definition) is 5. The van der Waals surface area contributed by atoms with Crippen LogP contribution in [-0.4, -0.2) is 30.9 Å². The van der Waals surface area contributed by atoms with Crippen molar-refractivity contribution in [1.29, 1.82) is 0 Å². The van der Waals surface area contributed by atoms with Crippen molar-refractivity contribution in [1.82, 2.24) is 0 Å². The second-order valence-electron chi connectivity index (χ2n) is 6.16. The van der Waals surface area contributed by atoms with E-state index in [1.165, 1.54) is 26.4 Å². The summed E-state index contributed by atoms with van der Waals surface area (Å²) in [5.74, 6) is 0.344. The molecule has 0 aliphatic heterocycles. The van der Waals surface area contributed by atoms with Crippen LogP contribution in [0.3, 0.4) is 0 Å². The molecule has 0 fully saturated rings. The van der Waals surface area contributed by atoms with Gasteiger partial charge in [-0.1, -0.05) is 49.2 Å². The summed E-state index contributed by atoms with van der Waals surface area (Å²) in [4.78, 5) is 26.9. The first kappa shape index (κ1) is 22.5. The van der Waals surface area contributed by atoms with Crippen LogP contribution in [0.1, 0.15) is 41.0 Å². The predicted molar refractivity (Wildman–Crippen MR) is 112 cm³/mol. The average Bonchev–Trinajstić information content (AvgIpc) is 2.70. The van der Waals surface area contributed by atoms with E-state index < -0.39 is 23.8 Å². The van der Waals surface area contributed by atoms with Gasteiger partial charge in [0.25, 0.3) is 0 Å². The van der Waals surface area contributed by atoms with Gasteiger partial charge in [0.1, 0.15) is 17.1 Å². The molecular formula is C20H21Cl2O5P. The summed E-state index contributed by atoms with van der Waals surface area (Å²) in [6.07, 6.45) is 0.342. The summed E-state index contributed by atoms with van der Waals surface area (Å²) in [5, 5.41) is 0.0849. The Morgan fingerprint density at radius 1 is 0.929 bits per heavy atom. The Labute approximate surface area is 174 Å².